The third-order valence-electron chi connectivity index (χ3n) is 3.63. The van der Waals surface area contributed by atoms with Gasteiger partial charge in [0.2, 0.25) is 0 Å². The molecule has 4 rings (SSSR count). The van der Waals surface area contributed by atoms with Gasteiger partial charge in [-0.3, -0.25) is 0 Å². The first-order valence-corrected chi connectivity index (χ1v) is 7.03. The summed E-state index contributed by atoms with van der Waals surface area (Å²) in [6.07, 6.45) is 0. The van der Waals surface area contributed by atoms with Crippen molar-refractivity contribution in [2.45, 2.75) is 0 Å². The van der Waals surface area contributed by atoms with Crippen LogP contribution in [0.2, 0.25) is 5.02 Å². The molecule has 0 spiro atoms. The fraction of sp³-hybridized carbons (Fsp3) is 0. The monoisotopic (exact) mass is 293 g/mol. The second kappa shape index (κ2) is 4.50. The summed E-state index contributed by atoms with van der Waals surface area (Å²) in [5, 5.41) is 2.85. The maximum Gasteiger partial charge on any atom is 0.139 e. The fourth-order valence-electron chi connectivity index (χ4n) is 2.63. The molecule has 102 valence electrons. The number of nitrogens with zero attached hydrogens (tertiary/aromatic N) is 1. The lowest BCUT2D eigenvalue weighted by molar-refractivity contribution is 1.35. The van der Waals surface area contributed by atoms with E-state index in [-0.39, 0.29) is 0 Å². The van der Waals surface area contributed by atoms with Crippen LogP contribution in [0.4, 0.5) is 5.69 Å². The first-order valence-electron chi connectivity index (χ1n) is 6.65. The lowest BCUT2D eigenvalue weighted by Gasteiger charge is -2.05. The summed E-state index contributed by atoms with van der Waals surface area (Å²) in [6.45, 7) is 0. The molecule has 4 aromatic rings. The molecule has 21 heavy (non-hydrogen) atoms. The summed E-state index contributed by atoms with van der Waals surface area (Å²) < 4.78 is 0. The maximum absolute atomic E-state index is 6.27. The average molecular weight is 294 g/mol. The molecule has 0 amide bonds. The van der Waals surface area contributed by atoms with Gasteiger partial charge in [-0.2, -0.15) is 0 Å². The van der Waals surface area contributed by atoms with Crippen molar-refractivity contribution in [3.05, 3.63) is 59.6 Å². The van der Waals surface area contributed by atoms with Gasteiger partial charge in [0, 0.05) is 21.7 Å². The molecule has 0 aliphatic carbocycles. The van der Waals surface area contributed by atoms with Crippen LogP contribution in [0.25, 0.3) is 33.2 Å². The number of aromatic nitrogens is 2. The number of nitrogens with one attached hydrogen (secondary N) is 1. The summed E-state index contributed by atoms with van der Waals surface area (Å²) in [5.74, 6) is 0.823. The van der Waals surface area contributed by atoms with Crippen LogP contribution in [-0.4, -0.2) is 9.97 Å². The molecular weight excluding hydrogens is 282 g/mol. The lowest BCUT2D eigenvalue weighted by Crippen LogP contribution is -1.84. The topological polar surface area (TPSA) is 54.7 Å². The number of fused-ring (bicyclic) bond motifs is 2. The SMILES string of the molecule is Nc1ccc2nc(-c3cccc4c(Cl)cccc34)[nH]c2c1. The molecule has 0 radical (unpaired) electrons. The van der Waals surface area contributed by atoms with Crippen LogP contribution < -0.4 is 5.73 Å². The maximum atomic E-state index is 6.27. The number of hydrogen-bond acceptors (Lipinski definition) is 2. The zero-order valence-corrected chi connectivity index (χ0v) is 11.9. The molecule has 1 aromatic heterocycles. The summed E-state index contributed by atoms with van der Waals surface area (Å²) in [6, 6.07) is 17.6. The molecule has 3 nitrogen and oxygen atoms in total. The lowest BCUT2D eigenvalue weighted by atomic mass is 10.0. The average Bonchev–Trinajstić information content (AvgIpc) is 2.90. The molecular formula is C17H12ClN3. The van der Waals surface area contributed by atoms with E-state index in [1.165, 1.54) is 0 Å². The van der Waals surface area contributed by atoms with Crippen LogP contribution in [0.5, 0.6) is 0 Å². The Morgan fingerprint density at radius 3 is 2.67 bits per heavy atom. The van der Waals surface area contributed by atoms with E-state index in [4.69, 9.17) is 17.3 Å². The third kappa shape index (κ3) is 1.94. The number of halogens is 1. The van der Waals surface area contributed by atoms with Crippen molar-refractivity contribution in [3.63, 3.8) is 0 Å². The Balaban J connectivity index is 2.02. The Labute approximate surface area is 126 Å². The molecule has 0 aliphatic heterocycles. The molecule has 0 saturated carbocycles. The van der Waals surface area contributed by atoms with E-state index < -0.39 is 0 Å². The van der Waals surface area contributed by atoms with Crippen LogP contribution in [0.15, 0.2) is 54.6 Å². The van der Waals surface area contributed by atoms with Gasteiger partial charge in [0.25, 0.3) is 0 Å². The van der Waals surface area contributed by atoms with E-state index in [1.807, 2.05) is 48.5 Å². The van der Waals surface area contributed by atoms with E-state index in [2.05, 4.69) is 16.0 Å². The first kappa shape index (κ1) is 12.2. The van der Waals surface area contributed by atoms with Crippen LogP contribution in [-0.2, 0) is 0 Å². The van der Waals surface area contributed by atoms with Crippen molar-refractivity contribution in [3.8, 4) is 11.4 Å². The Kier molecular flexibility index (Phi) is 2.62. The number of aromatic amines is 1. The van der Waals surface area contributed by atoms with Crippen molar-refractivity contribution in [2.24, 2.45) is 0 Å². The summed E-state index contributed by atoms with van der Waals surface area (Å²) in [5.41, 5.74) is 9.41. The third-order valence-corrected chi connectivity index (χ3v) is 3.96. The van der Waals surface area contributed by atoms with Gasteiger partial charge in [-0.1, -0.05) is 41.9 Å². The number of nitrogen functional groups attached to an aromatic ring is 1. The van der Waals surface area contributed by atoms with Crippen LogP contribution in [0.1, 0.15) is 0 Å². The molecule has 0 atom stereocenters. The van der Waals surface area contributed by atoms with Gasteiger partial charge in [-0.15, -0.1) is 0 Å². The minimum absolute atomic E-state index is 0.721. The molecule has 1 heterocycles. The predicted octanol–water partition coefficient (Wildman–Crippen LogP) is 4.62. The highest BCUT2D eigenvalue weighted by Gasteiger charge is 2.10. The van der Waals surface area contributed by atoms with E-state index in [9.17, 15) is 0 Å². The van der Waals surface area contributed by atoms with Crippen molar-refractivity contribution < 1.29 is 0 Å². The van der Waals surface area contributed by atoms with Gasteiger partial charge < -0.3 is 10.7 Å². The number of anilines is 1. The molecule has 3 N–H and O–H groups in total. The van der Waals surface area contributed by atoms with Crippen molar-refractivity contribution in [2.75, 3.05) is 5.73 Å². The summed E-state index contributed by atoms with van der Waals surface area (Å²) in [4.78, 5) is 7.98. The van der Waals surface area contributed by atoms with Crippen molar-refractivity contribution in [1.82, 2.24) is 9.97 Å². The standard InChI is InChI=1S/C17H12ClN3/c18-14-6-2-3-11-12(14)4-1-5-13(11)17-20-15-8-7-10(19)9-16(15)21-17/h1-9H,19H2,(H,20,21). The van der Waals surface area contributed by atoms with E-state index in [0.717, 1.165) is 43.9 Å². The normalized spacial score (nSPS) is 11.3. The molecule has 0 unspecified atom stereocenters. The second-order valence-electron chi connectivity index (χ2n) is 5.00. The van der Waals surface area contributed by atoms with Crippen LogP contribution >= 0.6 is 11.6 Å². The highest BCUT2D eigenvalue weighted by atomic mass is 35.5. The Bertz CT molecular complexity index is 972. The van der Waals surface area contributed by atoms with E-state index >= 15 is 0 Å². The zero-order valence-electron chi connectivity index (χ0n) is 11.1. The highest BCUT2D eigenvalue weighted by Crippen LogP contribution is 2.32. The largest absolute Gasteiger partial charge is 0.399 e. The van der Waals surface area contributed by atoms with Gasteiger partial charge in [-0.25, -0.2) is 4.98 Å². The minimum Gasteiger partial charge on any atom is -0.399 e. The van der Waals surface area contributed by atoms with E-state index in [1.54, 1.807) is 0 Å². The number of rotatable bonds is 1. The zero-order chi connectivity index (χ0) is 14.4. The number of imidazole rings is 1. The predicted molar refractivity (Wildman–Crippen MR) is 88.5 cm³/mol. The quantitative estimate of drug-likeness (QED) is 0.503. The Morgan fingerprint density at radius 2 is 1.76 bits per heavy atom. The van der Waals surface area contributed by atoms with Gasteiger partial charge in [-0.05, 0) is 29.7 Å². The van der Waals surface area contributed by atoms with Gasteiger partial charge in [0.1, 0.15) is 5.82 Å². The number of nitrogens with two attached hydrogens (primary N) is 1. The first-order chi connectivity index (χ1) is 10.2. The molecule has 4 heteroatoms. The van der Waals surface area contributed by atoms with Crippen molar-refractivity contribution >= 4 is 39.1 Å². The molecule has 0 aliphatic rings. The van der Waals surface area contributed by atoms with Crippen molar-refractivity contribution in [1.29, 1.82) is 0 Å². The Morgan fingerprint density at radius 1 is 0.952 bits per heavy atom. The number of hydrogen-bond donors (Lipinski definition) is 2. The highest BCUT2D eigenvalue weighted by molar-refractivity contribution is 6.35. The van der Waals surface area contributed by atoms with Gasteiger partial charge in [0.15, 0.2) is 0 Å². The molecule has 0 fully saturated rings. The molecule has 0 saturated heterocycles. The number of benzene rings is 3. The second-order valence-corrected chi connectivity index (χ2v) is 5.41. The minimum atomic E-state index is 0.721. The van der Waals surface area contributed by atoms with Crippen LogP contribution in [0, 0.1) is 0 Å². The molecule has 3 aromatic carbocycles. The fourth-order valence-corrected chi connectivity index (χ4v) is 2.87. The van der Waals surface area contributed by atoms with Gasteiger partial charge in [0.05, 0.1) is 11.0 Å². The smallest absolute Gasteiger partial charge is 0.139 e. The van der Waals surface area contributed by atoms with Crippen LogP contribution in [0.3, 0.4) is 0 Å². The summed E-state index contributed by atoms with van der Waals surface area (Å²) in [7, 11) is 0. The number of H-pyrrole nitrogens is 1. The molecule has 0 bridgehead atoms. The van der Waals surface area contributed by atoms with E-state index in [0.29, 0.717) is 0 Å². The summed E-state index contributed by atoms with van der Waals surface area (Å²) >= 11 is 6.27. The van der Waals surface area contributed by atoms with Gasteiger partial charge >= 0.3 is 0 Å². The Hall–Kier alpha value is -2.52.